The summed E-state index contributed by atoms with van der Waals surface area (Å²) in [4.78, 5) is 2.30. The normalized spacial score (nSPS) is 15.5. The second-order valence-electron chi connectivity index (χ2n) is 5.48. The van der Waals surface area contributed by atoms with Crippen LogP contribution < -0.4 is 15.5 Å². The number of benzene rings is 2. The molecule has 0 aromatic heterocycles. The topological polar surface area (TPSA) is 27.3 Å². The van der Waals surface area contributed by atoms with Crippen molar-refractivity contribution in [1.82, 2.24) is 5.32 Å². The molecule has 1 heterocycles. The minimum absolute atomic E-state index is 0.632. The second kappa shape index (κ2) is 6.50. The van der Waals surface area contributed by atoms with E-state index < -0.39 is 11.7 Å². The summed E-state index contributed by atoms with van der Waals surface area (Å²) in [7, 11) is 0. The van der Waals surface area contributed by atoms with Crippen molar-refractivity contribution in [3.8, 4) is 0 Å². The molecular weight excluding hydrogens is 303 g/mol. The maximum Gasteiger partial charge on any atom is 0.416 e. The smallest absolute Gasteiger partial charge is 0.369 e. The van der Waals surface area contributed by atoms with E-state index in [0.717, 1.165) is 49.7 Å². The van der Waals surface area contributed by atoms with Crippen LogP contribution in [0.4, 0.5) is 30.2 Å². The Hall–Kier alpha value is -2.21. The first kappa shape index (κ1) is 15.7. The van der Waals surface area contributed by atoms with Gasteiger partial charge in [0, 0.05) is 43.2 Å². The lowest BCUT2D eigenvalue weighted by molar-refractivity contribution is -0.137. The van der Waals surface area contributed by atoms with Gasteiger partial charge in [0.1, 0.15) is 0 Å². The number of nitrogens with one attached hydrogen (secondary N) is 2. The first-order valence-electron chi connectivity index (χ1n) is 7.52. The maximum atomic E-state index is 12.5. The molecule has 0 saturated carbocycles. The Morgan fingerprint density at radius 2 is 1.35 bits per heavy atom. The number of alkyl halides is 3. The van der Waals surface area contributed by atoms with Gasteiger partial charge in [-0.25, -0.2) is 0 Å². The van der Waals surface area contributed by atoms with Crippen molar-refractivity contribution in [2.45, 2.75) is 6.18 Å². The van der Waals surface area contributed by atoms with Crippen LogP contribution in [0.5, 0.6) is 0 Å². The van der Waals surface area contributed by atoms with E-state index in [-0.39, 0.29) is 0 Å². The largest absolute Gasteiger partial charge is 0.416 e. The van der Waals surface area contributed by atoms with Gasteiger partial charge in [-0.1, -0.05) is 0 Å². The first-order chi connectivity index (χ1) is 11.0. The minimum Gasteiger partial charge on any atom is -0.369 e. The van der Waals surface area contributed by atoms with Crippen molar-refractivity contribution in [2.75, 3.05) is 36.4 Å². The van der Waals surface area contributed by atoms with Crippen molar-refractivity contribution in [2.24, 2.45) is 0 Å². The van der Waals surface area contributed by atoms with Crippen LogP contribution in [0.15, 0.2) is 48.5 Å². The fraction of sp³-hybridized carbons (Fsp3) is 0.294. The molecule has 2 aromatic carbocycles. The lowest BCUT2D eigenvalue weighted by atomic mass is 10.2. The van der Waals surface area contributed by atoms with Crippen LogP contribution in [0.2, 0.25) is 0 Å². The molecule has 0 bridgehead atoms. The van der Waals surface area contributed by atoms with Crippen molar-refractivity contribution < 1.29 is 13.2 Å². The van der Waals surface area contributed by atoms with E-state index in [4.69, 9.17) is 0 Å². The Labute approximate surface area is 133 Å². The van der Waals surface area contributed by atoms with Gasteiger partial charge in [0.2, 0.25) is 0 Å². The lowest BCUT2D eigenvalue weighted by Gasteiger charge is -2.29. The summed E-state index contributed by atoms with van der Waals surface area (Å²) in [5.41, 5.74) is 2.00. The molecule has 3 rings (SSSR count). The van der Waals surface area contributed by atoms with E-state index >= 15 is 0 Å². The average molecular weight is 321 g/mol. The molecule has 0 aliphatic carbocycles. The standard InChI is InChI=1S/C17H18F3N3/c18-17(19,20)13-1-3-14(4-2-13)22-15-5-7-16(8-6-15)23-11-9-21-10-12-23/h1-8,21-22H,9-12H2. The number of hydrogen-bond acceptors (Lipinski definition) is 3. The lowest BCUT2D eigenvalue weighted by Crippen LogP contribution is -2.43. The molecule has 0 amide bonds. The fourth-order valence-corrected chi connectivity index (χ4v) is 2.59. The third-order valence-electron chi connectivity index (χ3n) is 3.85. The van der Waals surface area contributed by atoms with E-state index in [1.807, 2.05) is 24.3 Å². The van der Waals surface area contributed by atoms with Gasteiger partial charge in [-0.3, -0.25) is 0 Å². The third-order valence-corrected chi connectivity index (χ3v) is 3.85. The molecule has 1 aliphatic heterocycles. The molecule has 1 saturated heterocycles. The number of rotatable bonds is 3. The number of piperazine rings is 1. The third kappa shape index (κ3) is 3.96. The quantitative estimate of drug-likeness (QED) is 0.899. The molecule has 0 spiro atoms. The van der Waals surface area contributed by atoms with Crippen LogP contribution in [-0.4, -0.2) is 26.2 Å². The summed E-state index contributed by atoms with van der Waals surface area (Å²) in [6.07, 6.45) is -4.30. The van der Waals surface area contributed by atoms with Crippen LogP contribution in [0.3, 0.4) is 0 Å². The predicted molar refractivity (Wildman–Crippen MR) is 86.3 cm³/mol. The Kier molecular flexibility index (Phi) is 4.43. The summed E-state index contributed by atoms with van der Waals surface area (Å²) in [6.45, 7) is 3.91. The Balaban J connectivity index is 1.66. The van der Waals surface area contributed by atoms with E-state index in [9.17, 15) is 13.2 Å². The number of hydrogen-bond donors (Lipinski definition) is 2. The fourth-order valence-electron chi connectivity index (χ4n) is 2.59. The molecule has 0 atom stereocenters. The van der Waals surface area contributed by atoms with Gasteiger partial charge >= 0.3 is 6.18 Å². The molecule has 0 radical (unpaired) electrons. The zero-order valence-corrected chi connectivity index (χ0v) is 12.5. The maximum absolute atomic E-state index is 12.5. The molecule has 6 heteroatoms. The molecule has 3 nitrogen and oxygen atoms in total. The highest BCUT2D eigenvalue weighted by atomic mass is 19.4. The molecule has 2 aromatic rings. The molecule has 0 unspecified atom stereocenters. The van der Waals surface area contributed by atoms with Gasteiger partial charge in [-0.05, 0) is 48.5 Å². The summed E-state index contributed by atoms with van der Waals surface area (Å²) in [5.74, 6) is 0. The van der Waals surface area contributed by atoms with E-state index in [1.54, 1.807) is 0 Å². The van der Waals surface area contributed by atoms with Crippen LogP contribution in [0, 0.1) is 0 Å². The summed E-state index contributed by atoms with van der Waals surface area (Å²) in [5, 5.41) is 6.42. The molecule has 1 aliphatic rings. The predicted octanol–water partition coefficient (Wildman–Crippen LogP) is 3.86. The van der Waals surface area contributed by atoms with Crippen molar-refractivity contribution in [3.63, 3.8) is 0 Å². The average Bonchev–Trinajstić information content (AvgIpc) is 2.56. The molecule has 23 heavy (non-hydrogen) atoms. The van der Waals surface area contributed by atoms with Crippen molar-refractivity contribution >= 4 is 17.1 Å². The molecule has 2 N–H and O–H groups in total. The number of anilines is 3. The van der Waals surface area contributed by atoms with Gasteiger partial charge in [-0.15, -0.1) is 0 Å². The summed E-state index contributed by atoms with van der Waals surface area (Å²) in [6, 6.07) is 13.0. The highest BCUT2D eigenvalue weighted by Crippen LogP contribution is 2.30. The summed E-state index contributed by atoms with van der Waals surface area (Å²) < 4.78 is 37.6. The zero-order valence-electron chi connectivity index (χ0n) is 12.5. The Morgan fingerprint density at radius 3 is 1.87 bits per heavy atom. The monoisotopic (exact) mass is 321 g/mol. The van der Waals surface area contributed by atoms with Crippen LogP contribution in [0.1, 0.15) is 5.56 Å². The highest BCUT2D eigenvalue weighted by Gasteiger charge is 2.29. The second-order valence-corrected chi connectivity index (χ2v) is 5.48. The SMILES string of the molecule is FC(F)(F)c1ccc(Nc2ccc(N3CCNCC3)cc2)cc1. The van der Waals surface area contributed by atoms with E-state index in [1.165, 1.54) is 12.1 Å². The van der Waals surface area contributed by atoms with E-state index in [0.29, 0.717) is 5.69 Å². The first-order valence-corrected chi connectivity index (χ1v) is 7.52. The van der Waals surface area contributed by atoms with Gasteiger partial charge < -0.3 is 15.5 Å². The van der Waals surface area contributed by atoms with E-state index in [2.05, 4.69) is 15.5 Å². The van der Waals surface area contributed by atoms with Gasteiger partial charge in [0.15, 0.2) is 0 Å². The Morgan fingerprint density at radius 1 is 0.826 bits per heavy atom. The minimum atomic E-state index is -4.30. The van der Waals surface area contributed by atoms with Crippen molar-refractivity contribution in [1.29, 1.82) is 0 Å². The number of nitrogens with zero attached hydrogens (tertiary/aromatic N) is 1. The molecular formula is C17H18F3N3. The highest BCUT2D eigenvalue weighted by molar-refractivity contribution is 5.63. The molecule has 122 valence electrons. The summed E-state index contributed by atoms with van der Waals surface area (Å²) >= 11 is 0. The van der Waals surface area contributed by atoms with Gasteiger partial charge in [-0.2, -0.15) is 13.2 Å². The van der Waals surface area contributed by atoms with Crippen LogP contribution in [-0.2, 0) is 6.18 Å². The molecule has 1 fully saturated rings. The van der Waals surface area contributed by atoms with Crippen LogP contribution >= 0.6 is 0 Å². The van der Waals surface area contributed by atoms with Gasteiger partial charge in [0.25, 0.3) is 0 Å². The van der Waals surface area contributed by atoms with Crippen LogP contribution in [0.25, 0.3) is 0 Å². The van der Waals surface area contributed by atoms with Crippen molar-refractivity contribution in [3.05, 3.63) is 54.1 Å². The van der Waals surface area contributed by atoms with Gasteiger partial charge in [0.05, 0.1) is 5.56 Å². The number of halogens is 3. The zero-order chi connectivity index (χ0) is 16.3. The Bertz CT molecular complexity index is 630.